The summed E-state index contributed by atoms with van der Waals surface area (Å²) in [5.41, 5.74) is 0.843. The summed E-state index contributed by atoms with van der Waals surface area (Å²) >= 11 is 0. The molecule has 0 saturated carbocycles. The maximum absolute atomic E-state index is 13.9. The number of pyridine rings is 1. The molecule has 1 aliphatic rings. The molecule has 1 aromatic carbocycles. The number of benzene rings is 1. The molecule has 0 amide bonds. The summed E-state index contributed by atoms with van der Waals surface area (Å²) < 4.78 is 40.6. The molecule has 2 heterocycles. The van der Waals surface area contributed by atoms with Gasteiger partial charge in [0.05, 0.1) is 6.04 Å². The lowest BCUT2D eigenvalue weighted by molar-refractivity contribution is 0.393. The highest BCUT2D eigenvalue weighted by Gasteiger charge is 2.37. The van der Waals surface area contributed by atoms with Gasteiger partial charge in [-0.3, -0.25) is 4.98 Å². The standard InChI is InChI=1S/C15H15FN2O2S/c16-13-6-1-2-8-15(13)21(19,20)18-10-4-7-14(18)12-5-3-9-17-11-12/h1-3,5-6,8-9,11,14H,4,7,10H2. The smallest absolute Gasteiger partial charge is 0.246 e. The van der Waals surface area contributed by atoms with Gasteiger partial charge in [-0.1, -0.05) is 18.2 Å². The first-order chi connectivity index (χ1) is 10.1. The molecule has 110 valence electrons. The third-order valence-electron chi connectivity index (χ3n) is 3.70. The normalized spacial score (nSPS) is 19.8. The van der Waals surface area contributed by atoms with Crippen LogP contribution in [0.5, 0.6) is 0 Å². The van der Waals surface area contributed by atoms with E-state index in [1.165, 1.54) is 28.6 Å². The summed E-state index contributed by atoms with van der Waals surface area (Å²) in [6.07, 6.45) is 4.79. The SMILES string of the molecule is O=S(=O)(c1ccccc1F)N1CCCC1c1cccnc1. The summed E-state index contributed by atoms with van der Waals surface area (Å²) in [6, 6.07) is 8.85. The van der Waals surface area contributed by atoms with Crippen LogP contribution in [0, 0.1) is 5.82 Å². The minimum Gasteiger partial charge on any atom is -0.264 e. The van der Waals surface area contributed by atoms with Crippen LogP contribution in [-0.2, 0) is 10.0 Å². The summed E-state index contributed by atoms with van der Waals surface area (Å²) in [6.45, 7) is 0.399. The first-order valence-electron chi connectivity index (χ1n) is 6.77. The zero-order valence-corrected chi connectivity index (χ0v) is 12.1. The number of nitrogens with zero attached hydrogens (tertiary/aromatic N) is 2. The van der Waals surface area contributed by atoms with E-state index in [1.54, 1.807) is 18.5 Å². The Hall–Kier alpha value is -1.79. The van der Waals surface area contributed by atoms with Crippen molar-refractivity contribution in [3.05, 3.63) is 60.2 Å². The molecule has 2 aromatic rings. The van der Waals surface area contributed by atoms with Crippen LogP contribution >= 0.6 is 0 Å². The van der Waals surface area contributed by atoms with Crippen molar-refractivity contribution in [3.63, 3.8) is 0 Å². The highest BCUT2D eigenvalue weighted by Crippen LogP contribution is 2.36. The summed E-state index contributed by atoms with van der Waals surface area (Å²) in [7, 11) is -3.84. The number of halogens is 1. The Morgan fingerprint density at radius 1 is 1.19 bits per heavy atom. The monoisotopic (exact) mass is 306 g/mol. The Morgan fingerprint density at radius 2 is 2.00 bits per heavy atom. The van der Waals surface area contributed by atoms with Crippen LogP contribution in [0.3, 0.4) is 0 Å². The Morgan fingerprint density at radius 3 is 2.71 bits per heavy atom. The quantitative estimate of drug-likeness (QED) is 0.876. The molecule has 21 heavy (non-hydrogen) atoms. The van der Waals surface area contributed by atoms with E-state index in [4.69, 9.17) is 0 Å². The molecule has 1 aromatic heterocycles. The second kappa shape index (κ2) is 5.54. The predicted octanol–water partition coefficient (Wildman–Crippen LogP) is 2.75. The molecule has 0 bridgehead atoms. The van der Waals surface area contributed by atoms with Gasteiger partial charge in [0, 0.05) is 18.9 Å². The second-order valence-electron chi connectivity index (χ2n) is 4.99. The van der Waals surface area contributed by atoms with Gasteiger partial charge in [-0.15, -0.1) is 0 Å². The Balaban J connectivity index is 2.01. The molecule has 1 aliphatic heterocycles. The maximum atomic E-state index is 13.9. The molecule has 4 nitrogen and oxygen atoms in total. The molecule has 0 N–H and O–H groups in total. The van der Waals surface area contributed by atoms with Gasteiger partial charge < -0.3 is 0 Å². The third kappa shape index (κ3) is 2.56. The van der Waals surface area contributed by atoms with Crippen molar-refractivity contribution < 1.29 is 12.8 Å². The van der Waals surface area contributed by atoms with Gasteiger partial charge in [-0.25, -0.2) is 12.8 Å². The van der Waals surface area contributed by atoms with E-state index in [2.05, 4.69) is 4.98 Å². The molecular formula is C15H15FN2O2S. The Labute approximate surface area is 123 Å². The van der Waals surface area contributed by atoms with Crippen molar-refractivity contribution >= 4 is 10.0 Å². The lowest BCUT2D eigenvalue weighted by Gasteiger charge is -2.24. The minimum absolute atomic E-state index is 0.263. The van der Waals surface area contributed by atoms with Crippen LogP contribution in [0.1, 0.15) is 24.4 Å². The van der Waals surface area contributed by atoms with Crippen molar-refractivity contribution in [2.45, 2.75) is 23.8 Å². The maximum Gasteiger partial charge on any atom is 0.246 e. The molecule has 6 heteroatoms. The van der Waals surface area contributed by atoms with Crippen LogP contribution in [0.2, 0.25) is 0 Å². The van der Waals surface area contributed by atoms with E-state index in [0.29, 0.717) is 6.54 Å². The number of sulfonamides is 1. The lowest BCUT2D eigenvalue weighted by atomic mass is 10.1. The van der Waals surface area contributed by atoms with E-state index < -0.39 is 15.8 Å². The zero-order valence-electron chi connectivity index (χ0n) is 11.3. The molecule has 1 atom stereocenters. The number of aromatic nitrogens is 1. The summed E-state index contributed by atoms with van der Waals surface area (Å²) in [5, 5.41) is 0. The van der Waals surface area contributed by atoms with Crippen molar-refractivity contribution in [2.24, 2.45) is 0 Å². The zero-order chi connectivity index (χ0) is 14.9. The van der Waals surface area contributed by atoms with Crippen molar-refractivity contribution in [3.8, 4) is 0 Å². The van der Waals surface area contributed by atoms with Gasteiger partial charge >= 0.3 is 0 Å². The summed E-state index contributed by atoms with van der Waals surface area (Å²) in [5.74, 6) is -0.714. The van der Waals surface area contributed by atoms with Gasteiger partial charge in [0.15, 0.2) is 0 Å². The Kier molecular flexibility index (Phi) is 3.73. The highest BCUT2D eigenvalue weighted by atomic mass is 32.2. The first kappa shape index (κ1) is 14.2. The van der Waals surface area contributed by atoms with E-state index in [9.17, 15) is 12.8 Å². The Bertz CT molecular complexity index is 734. The van der Waals surface area contributed by atoms with E-state index in [-0.39, 0.29) is 10.9 Å². The molecule has 1 unspecified atom stereocenters. The molecule has 0 spiro atoms. The van der Waals surface area contributed by atoms with Crippen LogP contribution in [0.25, 0.3) is 0 Å². The van der Waals surface area contributed by atoms with Gasteiger partial charge in [0.2, 0.25) is 10.0 Å². The molecular weight excluding hydrogens is 291 g/mol. The molecule has 0 aliphatic carbocycles. The van der Waals surface area contributed by atoms with Crippen molar-refractivity contribution in [1.82, 2.24) is 9.29 Å². The fourth-order valence-electron chi connectivity index (χ4n) is 2.71. The summed E-state index contributed by atoms with van der Waals surface area (Å²) in [4.78, 5) is 3.78. The average Bonchev–Trinajstić information content (AvgIpc) is 2.99. The minimum atomic E-state index is -3.84. The predicted molar refractivity (Wildman–Crippen MR) is 76.5 cm³/mol. The van der Waals surface area contributed by atoms with E-state index in [0.717, 1.165) is 18.4 Å². The molecule has 0 radical (unpaired) electrons. The van der Waals surface area contributed by atoms with Crippen LogP contribution in [0.15, 0.2) is 53.7 Å². The second-order valence-corrected chi connectivity index (χ2v) is 6.85. The van der Waals surface area contributed by atoms with E-state index in [1.807, 2.05) is 6.07 Å². The van der Waals surface area contributed by atoms with Crippen molar-refractivity contribution in [2.75, 3.05) is 6.54 Å². The topological polar surface area (TPSA) is 50.3 Å². The third-order valence-corrected chi connectivity index (χ3v) is 5.64. The fraction of sp³-hybridized carbons (Fsp3) is 0.267. The van der Waals surface area contributed by atoms with E-state index >= 15 is 0 Å². The van der Waals surface area contributed by atoms with Gasteiger partial charge in [-0.05, 0) is 36.6 Å². The van der Waals surface area contributed by atoms with Gasteiger partial charge in [0.25, 0.3) is 0 Å². The fourth-order valence-corrected chi connectivity index (χ4v) is 4.46. The number of rotatable bonds is 3. The van der Waals surface area contributed by atoms with Crippen LogP contribution in [0.4, 0.5) is 4.39 Å². The number of hydrogen-bond acceptors (Lipinski definition) is 3. The van der Waals surface area contributed by atoms with Crippen molar-refractivity contribution in [1.29, 1.82) is 0 Å². The number of hydrogen-bond donors (Lipinski definition) is 0. The molecule has 3 rings (SSSR count). The highest BCUT2D eigenvalue weighted by molar-refractivity contribution is 7.89. The van der Waals surface area contributed by atoms with Crippen LogP contribution in [-0.4, -0.2) is 24.3 Å². The van der Waals surface area contributed by atoms with Gasteiger partial charge in [-0.2, -0.15) is 4.31 Å². The first-order valence-corrected chi connectivity index (χ1v) is 8.21. The lowest BCUT2D eigenvalue weighted by Crippen LogP contribution is -2.31. The average molecular weight is 306 g/mol. The molecule has 1 saturated heterocycles. The largest absolute Gasteiger partial charge is 0.264 e. The van der Waals surface area contributed by atoms with Crippen LogP contribution < -0.4 is 0 Å². The van der Waals surface area contributed by atoms with Gasteiger partial charge in [0.1, 0.15) is 10.7 Å². The molecule has 1 fully saturated rings.